The zero-order chi connectivity index (χ0) is 14.8. The standard InChI is InChI=1S/C15H19N3O2/c1-10-7-11(9-16)8-13(17-10)18-12-5-3-4-6-15(12,2)14(19)20/h7-8,12H,3-6H2,1-2H3,(H,17,18)(H,19,20). The zero-order valence-electron chi connectivity index (χ0n) is 11.8. The number of anilines is 1. The Morgan fingerprint density at radius 1 is 1.55 bits per heavy atom. The van der Waals surface area contributed by atoms with Gasteiger partial charge in [-0.25, -0.2) is 4.98 Å². The minimum Gasteiger partial charge on any atom is -0.481 e. The van der Waals surface area contributed by atoms with Crippen LogP contribution >= 0.6 is 0 Å². The van der Waals surface area contributed by atoms with Gasteiger partial charge in [-0.3, -0.25) is 4.79 Å². The molecule has 2 rings (SSSR count). The fourth-order valence-corrected chi connectivity index (χ4v) is 2.81. The molecule has 1 aliphatic rings. The molecule has 1 aromatic heterocycles. The van der Waals surface area contributed by atoms with Crippen LogP contribution in [0.3, 0.4) is 0 Å². The Balaban J connectivity index is 2.26. The fraction of sp³-hybridized carbons (Fsp3) is 0.533. The summed E-state index contributed by atoms with van der Waals surface area (Å²) < 4.78 is 0. The summed E-state index contributed by atoms with van der Waals surface area (Å²) in [5.74, 6) is -0.191. The average Bonchev–Trinajstić information content (AvgIpc) is 2.40. The van der Waals surface area contributed by atoms with Gasteiger partial charge in [-0.15, -0.1) is 0 Å². The number of hydrogen-bond donors (Lipinski definition) is 2. The molecular weight excluding hydrogens is 254 g/mol. The van der Waals surface area contributed by atoms with Gasteiger partial charge in [-0.1, -0.05) is 12.8 Å². The Labute approximate surface area is 118 Å². The van der Waals surface area contributed by atoms with E-state index in [-0.39, 0.29) is 6.04 Å². The van der Waals surface area contributed by atoms with Crippen LogP contribution in [0, 0.1) is 23.7 Å². The number of carboxylic acids is 1. The quantitative estimate of drug-likeness (QED) is 0.884. The number of aliphatic carboxylic acids is 1. The molecule has 1 fully saturated rings. The van der Waals surface area contributed by atoms with E-state index in [0.29, 0.717) is 17.8 Å². The van der Waals surface area contributed by atoms with Crippen molar-refractivity contribution < 1.29 is 9.90 Å². The first-order valence-corrected chi connectivity index (χ1v) is 6.84. The van der Waals surface area contributed by atoms with Crippen LogP contribution in [0.15, 0.2) is 12.1 Å². The number of rotatable bonds is 3. The molecule has 2 unspecified atom stereocenters. The van der Waals surface area contributed by atoms with Gasteiger partial charge in [0.2, 0.25) is 0 Å². The first kappa shape index (κ1) is 14.3. The number of carbonyl (C=O) groups is 1. The SMILES string of the molecule is Cc1cc(C#N)cc(NC2CCCCC2(C)C(=O)O)n1. The Bertz CT molecular complexity index is 565. The molecule has 0 aliphatic heterocycles. The molecule has 2 atom stereocenters. The number of aryl methyl sites for hydroxylation is 1. The topological polar surface area (TPSA) is 86.0 Å². The van der Waals surface area contributed by atoms with Crippen molar-refractivity contribution >= 4 is 11.8 Å². The van der Waals surface area contributed by atoms with Gasteiger partial charge in [0, 0.05) is 11.7 Å². The first-order valence-electron chi connectivity index (χ1n) is 6.84. The molecule has 0 radical (unpaired) electrons. The molecule has 0 saturated heterocycles. The predicted octanol–water partition coefficient (Wildman–Crippen LogP) is 2.71. The van der Waals surface area contributed by atoms with Crippen LogP contribution in [-0.4, -0.2) is 22.1 Å². The van der Waals surface area contributed by atoms with Crippen molar-refractivity contribution in [3.63, 3.8) is 0 Å². The Kier molecular flexibility index (Phi) is 3.93. The molecule has 5 heteroatoms. The van der Waals surface area contributed by atoms with Gasteiger partial charge < -0.3 is 10.4 Å². The summed E-state index contributed by atoms with van der Waals surface area (Å²) in [7, 11) is 0. The lowest BCUT2D eigenvalue weighted by atomic mass is 9.71. The predicted molar refractivity (Wildman–Crippen MR) is 75.3 cm³/mol. The highest BCUT2D eigenvalue weighted by Gasteiger charge is 2.43. The summed E-state index contributed by atoms with van der Waals surface area (Å²) in [4.78, 5) is 15.9. The lowest BCUT2D eigenvalue weighted by Crippen LogP contribution is -2.46. The second-order valence-electron chi connectivity index (χ2n) is 5.66. The van der Waals surface area contributed by atoms with Crippen molar-refractivity contribution in [1.82, 2.24) is 4.98 Å². The van der Waals surface area contributed by atoms with Crippen molar-refractivity contribution in [2.45, 2.75) is 45.6 Å². The monoisotopic (exact) mass is 273 g/mol. The van der Waals surface area contributed by atoms with Gasteiger partial charge >= 0.3 is 5.97 Å². The number of nitrogens with one attached hydrogen (secondary N) is 1. The maximum absolute atomic E-state index is 11.6. The van der Waals surface area contributed by atoms with E-state index in [1.165, 1.54) is 0 Å². The highest BCUT2D eigenvalue weighted by atomic mass is 16.4. The molecule has 5 nitrogen and oxygen atoms in total. The fourth-order valence-electron chi connectivity index (χ4n) is 2.81. The average molecular weight is 273 g/mol. The summed E-state index contributed by atoms with van der Waals surface area (Å²) >= 11 is 0. The maximum Gasteiger partial charge on any atom is 0.311 e. The summed E-state index contributed by atoms with van der Waals surface area (Å²) in [5.41, 5.74) is 0.503. The molecule has 1 aliphatic carbocycles. The second kappa shape index (κ2) is 5.49. The molecule has 0 spiro atoms. The van der Waals surface area contributed by atoms with Crippen LogP contribution in [0.1, 0.15) is 43.9 Å². The third-order valence-corrected chi connectivity index (χ3v) is 4.10. The zero-order valence-corrected chi connectivity index (χ0v) is 11.8. The van der Waals surface area contributed by atoms with E-state index >= 15 is 0 Å². The molecular formula is C15H19N3O2. The first-order chi connectivity index (χ1) is 9.45. The number of aromatic nitrogens is 1. The van der Waals surface area contributed by atoms with E-state index in [0.717, 1.165) is 25.0 Å². The summed E-state index contributed by atoms with van der Waals surface area (Å²) in [5, 5.41) is 21.7. The van der Waals surface area contributed by atoms with Crippen molar-refractivity contribution in [3.05, 3.63) is 23.4 Å². The van der Waals surface area contributed by atoms with Crippen LogP contribution in [0.4, 0.5) is 5.82 Å². The Morgan fingerprint density at radius 2 is 2.30 bits per heavy atom. The largest absolute Gasteiger partial charge is 0.481 e. The second-order valence-corrected chi connectivity index (χ2v) is 5.66. The van der Waals surface area contributed by atoms with Crippen molar-refractivity contribution in [2.24, 2.45) is 5.41 Å². The lowest BCUT2D eigenvalue weighted by Gasteiger charge is -2.38. The number of nitrogens with zero attached hydrogens (tertiary/aromatic N) is 2. The molecule has 106 valence electrons. The highest BCUT2D eigenvalue weighted by molar-refractivity contribution is 5.76. The van der Waals surface area contributed by atoms with Gasteiger partial charge in [-0.05, 0) is 38.8 Å². The van der Waals surface area contributed by atoms with E-state index in [2.05, 4.69) is 16.4 Å². The van der Waals surface area contributed by atoms with Gasteiger partial charge in [0.1, 0.15) is 5.82 Å². The third kappa shape index (κ3) is 2.74. The van der Waals surface area contributed by atoms with Crippen LogP contribution in [0.2, 0.25) is 0 Å². The van der Waals surface area contributed by atoms with Gasteiger partial charge in [0.15, 0.2) is 0 Å². The highest BCUT2D eigenvalue weighted by Crippen LogP contribution is 2.38. The van der Waals surface area contributed by atoms with Crippen molar-refractivity contribution in [1.29, 1.82) is 5.26 Å². The normalized spacial score (nSPS) is 25.8. The summed E-state index contributed by atoms with van der Waals surface area (Å²) in [6.07, 6.45) is 3.42. The van der Waals surface area contributed by atoms with Crippen LogP contribution in [0.25, 0.3) is 0 Å². The van der Waals surface area contributed by atoms with Gasteiger partial charge in [-0.2, -0.15) is 5.26 Å². The Morgan fingerprint density at radius 3 is 2.95 bits per heavy atom. The minimum atomic E-state index is -0.781. The maximum atomic E-state index is 11.6. The Hall–Kier alpha value is -2.09. The van der Waals surface area contributed by atoms with E-state index in [9.17, 15) is 9.90 Å². The molecule has 20 heavy (non-hydrogen) atoms. The van der Waals surface area contributed by atoms with Gasteiger partial charge in [0.05, 0.1) is 17.0 Å². The van der Waals surface area contributed by atoms with E-state index < -0.39 is 11.4 Å². The van der Waals surface area contributed by atoms with E-state index in [1.54, 1.807) is 19.1 Å². The number of carboxylic acid groups (broad SMARTS) is 1. The van der Waals surface area contributed by atoms with E-state index in [1.807, 2.05) is 6.92 Å². The molecule has 1 aromatic rings. The molecule has 0 aromatic carbocycles. The van der Waals surface area contributed by atoms with Crippen LogP contribution in [-0.2, 0) is 4.79 Å². The number of pyridine rings is 1. The van der Waals surface area contributed by atoms with Crippen LogP contribution < -0.4 is 5.32 Å². The number of hydrogen-bond acceptors (Lipinski definition) is 4. The molecule has 0 amide bonds. The lowest BCUT2D eigenvalue weighted by molar-refractivity contribution is -0.150. The smallest absolute Gasteiger partial charge is 0.311 e. The summed E-state index contributed by atoms with van der Waals surface area (Å²) in [6, 6.07) is 5.32. The third-order valence-electron chi connectivity index (χ3n) is 4.10. The molecule has 2 N–H and O–H groups in total. The summed E-state index contributed by atoms with van der Waals surface area (Å²) in [6.45, 7) is 3.61. The van der Waals surface area contributed by atoms with Crippen molar-refractivity contribution in [3.8, 4) is 6.07 Å². The van der Waals surface area contributed by atoms with E-state index in [4.69, 9.17) is 5.26 Å². The molecule has 0 bridgehead atoms. The molecule has 1 saturated carbocycles. The van der Waals surface area contributed by atoms with Gasteiger partial charge in [0.25, 0.3) is 0 Å². The minimum absolute atomic E-state index is 0.158. The van der Waals surface area contributed by atoms with Crippen LogP contribution in [0.5, 0.6) is 0 Å². The molecule has 1 heterocycles. The van der Waals surface area contributed by atoms with Crippen molar-refractivity contribution in [2.75, 3.05) is 5.32 Å². The number of nitriles is 1.